The Morgan fingerprint density at radius 2 is 1.82 bits per heavy atom. The summed E-state index contributed by atoms with van der Waals surface area (Å²) in [7, 11) is 1.64. The lowest BCUT2D eigenvalue weighted by Gasteiger charge is -2.09. The van der Waals surface area contributed by atoms with Crippen LogP contribution in [0.4, 0.5) is 5.69 Å². The van der Waals surface area contributed by atoms with Crippen molar-refractivity contribution in [3.63, 3.8) is 0 Å². The molecule has 0 saturated heterocycles. The summed E-state index contributed by atoms with van der Waals surface area (Å²) in [4.78, 5) is 19.6. The Hall–Kier alpha value is -3.05. The maximum atomic E-state index is 12.6. The van der Waals surface area contributed by atoms with E-state index in [1.165, 1.54) is 4.90 Å². The number of rotatable bonds is 4. The van der Waals surface area contributed by atoms with Crippen molar-refractivity contribution >= 4 is 29.1 Å². The minimum atomic E-state index is -0.113. The Kier molecular flexibility index (Phi) is 5.17. The molecular formula is C23H20N2O2S. The molecule has 0 spiro atoms. The van der Waals surface area contributed by atoms with Crippen LogP contribution in [0.25, 0.3) is 0 Å². The molecule has 28 heavy (non-hydrogen) atoms. The molecule has 140 valence electrons. The number of carbonyl (C=O) groups is 1. The monoisotopic (exact) mass is 388 g/mol. The zero-order valence-corrected chi connectivity index (χ0v) is 16.5. The number of nitrogens with zero attached hydrogens (tertiary/aromatic N) is 1. The maximum Gasteiger partial charge on any atom is 0.251 e. The van der Waals surface area contributed by atoms with Crippen LogP contribution in [0.5, 0.6) is 5.75 Å². The third-order valence-corrected chi connectivity index (χ3v) is 5.76. The lowest BCUT2D eigenvalue weighted by molar-refractivity contribution is 0.0951. The van der Waals surface area contributed by atoms with Crippen LogP contribution < -0.4 is 10.1 Å². The molecule has 0 aliphatic carbocycles. The molecule has 4 rings (SSSR count). The normalized spacial score (nSPS) is 12.3. The summed E-state index contributed by atoms with van der Waals surface area (Å²) in [5.74, 6) is 0.686. The van der Waals surface area contributed by atoms with Gasteiger partial charge in [0.1, 0.15) is 5.75 Å². The Morgan fingerprint density at radius 3 is 2.61 bits per heavy atom. The number of aliphatic imine (C=N–C) groups is 1. The van der Waals surface area contributed by atoms with Crippen LogP contribution in [-0.2, 0) is 6.54 Å². The number of carbonyl (C=O) groups excluding carboxylic acids is 1. The van der Waals surface area contributed by atoms with Crippen molar-refractivity contribution in [1.29, 1.82) is 0 Å². The fourth-order valence-corrected chi connectivity index (χ4v) is 4.13. The van der Waals surface area contributed by atoms with Crippen molar-refractivity contribution < 1.29 is 9.53 Å². The van der Waals surface area contributed by atoms with Gasteiger partial charge in [-0.15, -0.1) is 0 Å². The van der Waals surface area contributed by atoms with Gasteiger partial charge in [-0.2, -0.15) is 0 Å². The summed E-state index contributed by atoms with van der Waals surface area (Å²) >= 11 is 1.68. The maximum absolute atomic E-state index is 12.6. The molecule has 1 heterocycles. The summed E-state index contributed by atoms with van der Waals surface area (Å²) < 4.78 is 5.16. The van der Waals surface area contributed by atoms with Crippen LogP contribution >= 0.6 is 11.8 Å². The first-order valence-electron chi connectivity index (χ1n) is 9.02. The molecule has 3 aromatic carbocycles. The van der Waals surface area contributed by atoms with Crippen molar-refractivity contribution in [3.8, 4) is 5.75 Å². The fourth-order valence-electron chi connectivity index (χ4n) is 3.07. The minimum absolute atomic E-state index is 0.113. The lowest BCUT2D eigenvalue weighted by atomic mass is 10.1. The number of ether oxygens (including phenoxy) is 1. The van der Waals surface area contributed by atoms with Crippen LogP contribution in [0.1, 0.15) is 28.4 Å². The molecule has 1 N–H and O–H groups in total. The van der Waals surface area contributed by atoms with Gasteiger partial charge in [0.2, 0.25) is 0 Å². The molecule has 1 amide bonds. The molecule has 4 nitrogen and oxygen atoms in total. The van der Waals surface area contributed by atoms with Gasteiger partial charge in [-0.1, -0.05) is 42.1 Å². The molecule has 0 fully saturated rings. The minimum Gasteiger partial charge on any atom is -0.497 e. The van der Waals surface area contributed by atoms with Gasteiger partial charge in [0.05, 0.1) is 12.8 Å². The molecule has 3 aromatic rings. The second-order valence-corrected chi connectivity index (χ2v) is 7.59. The molecular weight excluding hydrogens is 368 g/mol. The first-order valence-corrected chi connectivity index (χ1v) is 9.83. The molecule has 0 aromatic heterocycles. The number of nitrogens with one attached hydrogen (secondary N) is 1. The summed E-state index contributed by atoms with van der Waals surface area (Å²) in [6.07, 6.45) is 0. The third-order valence-electron chi connectivity index (χ3n) is 4.62. The first-order chi connectivity index (χ1) is 13.6. The van der Waals surface area contributed by atoms with Gasteiger partial charge in [-0.05, 0) is 48.9 Å². The van der Waals surface area contributed by atoms with E-state index in [4.69, 9.17) is 9.73 Å². The molecule has 1 aliphatic heterocycles. The fraction of sp³-hybridized carbons (Fsp3) is 0.130. The largest absolute Gasteiger partial charge is 0.497 e. The van der Waals surface area contributed by atoms with Gasteiger partial charge in [-0.3, -0.25) is 9.79 Å². The molecule has 0 atom stereocenters. The summed E-state index contributed by atoms with van der Waals surface area (Å²) in [6, 6.07) is 21.6. The highest BCUT2D eigenvalue weighted by Gasteiger charge is 2.16. The summed E-state index contributed by atoms with van der Waals surface area (Å²) in [5.41, 5.74) is 4.54. The topological polar surface area (TPSA) is 50.7 Å². The van der Waals surface area contributed by atoms with E-state index in [2.05, 4.69) is 17.4 Å². The van der Waals surface area contributed by atoms with E-state index in [1.807, 2.05) is 61.5 Å². The van der Waals surface area contributed by atoms with E-state index in [0.29, 0.717) is 12.1 Å². The molecule has 1 aliphatic rings. The van der Waals surface area contributed by atoms with E-state index in [0.717, 1.165) is 33.2 Å². The lowest BCUT2D eigenvalue weighted by Crippen LogP contribution is -2.22. The smallest absolute Gasteiger partial charge is 0.251 e. The third kappa shape index (κ3) is 3.80. The number of amides is 1. The van der Waals surface area contributed by atoms with E-state index < -0.39 is 0 Å². The van der Waals surface area contributed by atoms with Crippen molar-refractivity contribution in [3.05, 3.63) is 83.4 Å². The molecule has 0 saturated carbocycles. The van der Waals surface area contributed by atoms with Crippen LogP contribution in [0.15, 0.2) is 81.5 Å². The van der Waals surface area contributed by atoms with Crippen LogP contribution in [0.3, 0.4) is 0 Å². The number of hydrogen-bond acceptors (Lipinski definition) is 4. The zero-order valence-electron chi connectivity index (χ0n) is 15.7. The second-order valence-electron chi connectivity index (χ2n) is 6.51. The van der Waals surface area contributed by atoms with Gasteiger partial charge < -0.3 is 10.1 Å². The van der Waals surface area contributed by atoms with E-state index >= 15 is 0 Å². The number of fused-ring (bicyclic) bond motifs is 2. The predicted molar refractivity (Wildman–Crippen MR) is 113 cm³/mol. The quantitative estimate of drug-likeness (QED) is 0.666. The van der Waals surface area contributed by atoms with Gasteiger partial charge in [0.25, 0.3) is 5.91 Å². The van der Waals surface area contributed by atoms with Crippen LogP contribution in [0, 0.1) is 0 Å². The second kappa shape index (κ2) is 7.90. The number of benzene rings is 3. The van der Waals surface area contributed by atoms with Crippen molar-refractivity contribution in [2.75, 3.05) is 7.11 Å². The Labute approximate surface area is 168 Å². The SMILES string of the molecule is COc1ccc(CNC(=O)c2ccc3c(c2)N=C(C)c2ccccc2S3)cc1. The highest BCUT2D eigenvalue weighted by atomic mass is 32.2. The Morgan fingerprint density at radius 1 is 1.04 bits per heavy atom. The standard InChI is InChI=1S/C23H20N2O2S/c1-15-19-5-3-4-6-21(19)28-22-12-9-17(13-20(22)25-15)23(26)24-14-16-7-10-18(27-2)11-8-16/h3-13H,14H2,1-2H3,(H,24,26). The van der Waals surface area contributed by atoms with Gasteiger partial charge in [0.15, 0.2) is 0 Å². The van der Waals surface area contributed by atoms with Gasteiger partial charge >= 0.3 is 0 Å². The predicted octanol–water partition coefficient (Wildman–Crippen LogP) is 5.23. The van der Waals surface area contributed by atoms with Crippen LogP contribution in [-0.4, -0.2) is 18.7 Å². The molecule has 0 bridgehead atoms. The van der Waals surface area contributed by atoms with Crippen molar-refractivity contribution in [2.45, 2.75) is 23.3 Å². The summed E-state index contributed by atoms with van der Waals surface area (Å²) in [6.45, 7) is 2.47. The number of hydrogen-bond donors (Lipinski definition) is 1. The van der Waals surface area contributed by atoms with Gasteiger partial charge in [0, 0.05) is 33.2 Å². The average Bonchev–Trinajstić information content (AvgIpc) is 2.87. The average molecular weight is 388 g/mol. The Balaban J connectivity index is 1.53. The zero-order chi connectivity index (χ0) is 19.5. The van der Waals surface area contributed by atoms with E-state index in [-0.39, 0.29) is 5.91 Å². The van der Waals surface area contributed by atoms with E-state index in [1.54, 1.807) is 18.9 Å². The van der Waals surface area contributed by atoms with Gasteiger partial charge in [-0.25, -0.2) is 0 Å². The van der Waals surface area contributed by atoms with Crippen molar-refractivity contribution in [1.82, 2.24) is 5.32 Å². The Bertz CT molecular complexity index is 1060. The number of methoxy groups -OCH3 is 1. The summed E-state index contributed by atoms with van der Waals surface area (Å²) in [5, 5.41) is 2.97. The highest BCUT2D eigenvalue weighted by molar-refractivity contribution is 7.99. The van der Waals surface area contributed by atoms with E-state index in [9.17, 15) is 4.79 Å². The van der Waals surface area contributed by atoms with Crippen LogP contribution in [0.2, 0.25) is 0 Å². The highest BCUT2D eigenvalue weighted by Crippen LogP contribution is 2.40. The molecule has 0 radical (unpaired) electrons. The molecule has 5 heteroatoms. The first kappa shape index (κ1) is 18.3. The van der Waals surface area contributed by atoms with Crippen molar-refractivity contribution in [2.24, 2.45) is 4.99 Å². The molecule has 0 unspecified atom stereocenters.